The number of esters is 1. The molecule has 0 aliphatic carbocycles. The molecule has 0 amide bonds. The van der Waals surface area contributed by atoms with Crippen molar-refractivity contribution in [3.05, 3.63) is 65.9 Å². The monoisotopic (exact) mass is 349 g/mol. The fourth-order valence-electron chi connectivity index (χ4n) is 2.82. The summed E-state index contributed by atoms with van der Waals surface area (Å²) < 4.78 is 7.32. The molecule has 0 saturated heterocycles. The van der Waals surface area contributed by atoms with E-state index in [0.29, 0.717) is 12.2 Å². The lowest BCUT2D eigenvalue weighted by molar-refractivity contribution is -0.134. The van der Waals surface area contributed by atoms with E-state index in [9.17, 15) is 4.79 Å². The van der Waals surface area contributed by atoms with Crippen molar-refractivity contribution in [2.24, 2.45) is 0 Å². The van der Waals surface area contributed by atoms with Crippen LogP contribution >= 0.6 is 0 Å². The zero-order valence-corrected chi connectivity index (χ0v) is 15.3. The predicted octanol–water partition coefficient (Wildman–Crippen LogP) is 4.94. The number of carbonyl (C=O) groups is 1. The number of nitrogens with zero attached hydrogens (tertiary/aromatic N) is 2. The molecule has 0 unspecified atom stereocenters. The first-order valence-electron chi connectivity index (χ1n) is 8.77. The van der Waals surface area contributed by atoms with Crippen LogP contribution < -0.4 is 10.1 Å². The number of ether oxygens (including phenoxy) is 1. The highest BCUT2D eigenvalue weighted by Gasteiger charge is 2.11. The second kappa shape index (κ2) is 7.87. The van der Waals surface area contributed by atoms with Gasteiger partial charge in [-0.3, -0.25) is 4.79 Å². The van der Waals surface area contributed by atoms with E-state index in [4.69, 9.17) is 4.74 Å². The molecule has 134 valence electrons. The normalized spacial score (nSPS) is 10.6. The van der Waals surface area contributed by atoms with Crippen LogP contribution in [-0.4, -0.2) is 15.7 Å². The molecule has 0 fully saturated rings. The minimum absolute atomic E-state index is 0.194. The Morgan fingerprint density at radius 3 is 2.46 bits per heavy atom. The standard InChI is InChI=1S/C21H23N3O2/c1-4-8-20(25)26-21-15(2)13-17(14-16(21)3)22-19-11-12-24(23-19)18-9-6-5-7-10-18/h5-7,9-14H,4,8H2,1-3H3,(H,22,23). The summed E-state index contributed by atoms with van der Waals surface area (Å²) in [6.07, 6.45) is 3.12. The molecule has 3 rings (SSSR count). The van der Waals surface area contributed by atoms with E-state index in [2.05, 4.69) is 10.4 Å². The van der Waals surface area contributed by atoms with Crippen LogP contribution in [0.3, 0.4) is 0 Å². The molecule has 0 spiro atoms. The van der Waals surface area contributed by atoms with E-state index in [1.807, 2.05) is 80.2 Å². The number of para-hydroxylation sites is 1. The number of anilines is 2. The Labute approximate surface area is 153 Å². The Bertz CT molecular complexity index is 878. The van der Waals surface area contributed by atoms with Gasteiger partial charge in [-0.15, -0.1) is 0 Å². The molecule has 1 aromatic heterocycles. The average Bonchev–Trinajstić information content (AvgIpc) is 3.08. The highest BCUT2D eigenvalue weighted by atomic mass is 16.5. The van der Waals surface area contributed by atoms with Crippen LogP contribution in [0.5, 0.6) is 5.75 Å². The predicted molar refractivity (Wildman–Crippen MR) is 103 cm³/mol. The lowest BCUT2D eigenvalue weighted by atomic mass is 10.1. The lowest BCUT2D eigenvalue weighted by Crippen LogP contribution is -2.09. The first kappa shape index (κ1) is 17.7. The smallest absolute Gasteiger partial charge is 0.311 e. The third kappa shape index (κ3) is 4.11. The highest BCUT2D eigenvalue weighted by Crippen LogP contribution is 2.29. The third-order valence-corrected chi connectivity index (χ3v) is 4.01. The quantitative estimate of drug-likeness (QED) is 0.506. The lowest BCUT2D eigenvalue weighted by Gasteiger charge is -2.13. The Balaban J connectivity index is 1.77. The average molecular weight is 349 g/mol. The summed E-state index contributed by atoms with van der Waals surface area (Å²) in [5.74, 6) is 1.20. The summed E-state index contributed by atoms with van der Waals surface area (Å²) in [6.45, 7) is 5.84. The van der Waals surface area contributed by atoms with Gasteiger partial charge in [0, 0.05) is 24.4 Å². The molecule has 0 aliphatic heterocycles. The second-order valence-corrected chi connectivity index (χ2v) is 6.27. The molecule has 0 radical (unpaired) electrons. The van der Waals surface area contributed by atoms with E-state index >= 15 is 0 Å². The van der Waals surface area contributed by atoms with Gasteiger partial charge in [0.15, 0.2) is 5.82 Å². The molecular weight excluding hydrogens is 326 g/mol. The van der Waals surface area contributed by atoms with E-state index in [0.717, 1.165) is 34.7 Å². The highest BCUT2D eigenvalue weighted by molar-refractivity contribution is 5.74. The first-order valence-corrected chi connectivity index (χ1v) is 8.77. The Kier molecular flexibility index (Phi) is 5.37. The Hall–Kier alpha value is -3.08. The third-order valence-electron chi connectivity index (χ3n) is 4.01. The number of carbonyl (C=O) groups excluding carboxylic acids is 1. The van der Waals surface area contributed by atoms with E-state index in [-0.39, 0.29) is 5.97 Å². The van der Waals surface area contributed by atoms with Gasteiger partial charge in [-0.25, -0.2) is 4.68 Å². The molecule has 3 aromatic rings. The van der Waals surface area contributed by atoms with Crippen LogP contribution in [0, 0.1) is 13.8 Å². The maximum Gasteiger partial charge on any atom is 0.311 e. The summed E-state index contributed by atoms with van der Waals surface area (Å²) in [5, 5.41) is 7.86. The van der Waals surface area contributed by atoms with Crippen molar-refractivity contribution in [2.45, 2.75) is 33.6 Å². The number of nitrogens with one attached hydrogen (secondary N) is 1. The van der Waals surface area contributed by atoms with E-state index in [1.165, 1.54) is 0 Å². The molecule has 0 bridgehead atoms. The van der Waals surface area contributed by atoms with Crippen LogP contribution in [0.2, 0.25) is 0 Å². The van der Waals surface area contributed by atoms with E-state index < -0.39 is 0 Å². The first-order chi connectivity index (χ1) is 12.6. The van der Waals surface area contributed by atoms with Crippen molar-refractivity contribution >= 4 is 17.5 Å². The minimum atomic E-state index is -0.194. The summed E-state index contributed by atoms with van der Waals surface area (Å²) >= 11 is 0. The van der Waals surface area contributed by atoms with Crippen molar-refractivity contribution in [3.63, 3.8) is 0 Å². The molecular formula is C21H23N3O2. The topological polar surface area (TPSA) is 56.1 Å². The van der Waals surface area contributed by atoms with Crippen LogP contribution in [0.4, 0.5) is 11.5 Å². The molecule has 0 atom stereocenters. The number of rotatable bonds is 6. The zero-order valence-electron chi connectivity index (χ0n) is 15.3. The van der Waals surface area contributed by atoms with Gasteiger partial charge in [0.2, 0.25) is 0 Å². The van der Waals surface area contributed by atoms with Crippen LogP contribution in [0.25, 0.3) is 5.69 Å². The number of aryl methyl sites for hydroxylation is 2. The van der Waals surface area contributed by atoms with Gasteiger partial charge in [0.25, 0.3) is 0 Å². The molecule has 1 heterocycles. The van der Waals surface area contributed by atoms with Gasteiger partial charge in [0.05, 0.1) is 5.69 Å². The number of aromatic nitrogens is 2. The molecule has 5 nitrogen and oxygen atoms in total. The van der Waals surface area contributed by atoms with Gasteiger partial charge in [-0.05, 0) is 55.7 Å². The Morgan fingerprint density at radius 2 is 1.81 bits per heavy atom. The molecule has 1 N–H and O–H groups in total. The van der Waals surface area contributed by atoms with Gasteiger partial charge >= 0.3 is 5.97 Å². The molecule has 0 aliphatic rings. The van der Waals surface area contributed by atoms with Crippen molar-refractivity contribution in [3.8, 4) is 11.4 Å². The summed E-state index contributed by atoms with van der Waals surface area (Å²) in [4.78, 5) is 11.8. The number of hydrogen-bond donors (Lipinski definition) is 1. The molecule has 0 saturated carbocycles. The fraction of sp³-hybridized carbons (Fsp3) is 0.238. The van der Waals surface area contributed by atoms with Crippen molar-refractivity contribution in [1.29, 1.82) is 0 Å². The van der Waals surface area contributed by atoms with Crippen LogP contribution in [0.1, 0.15) is 30.9 Å². The molecule has 5 heteroatoms. The molecule has 26 heavy (non-hydrogen) atoms. The molecule has 2 aromatic carbocycles. The summed E-state index contributed by atoms with van der Waals surface area (Å²) in [7, 11) is 0. The number of benzene rings is 2. The second-order valence-electron chi connectivity index (χ2n) is 6.27. The SMILES string of the molecule is CCCC(=O)Oc1c(C)cc(Nc2ccn(-c3ccccc3)n2)cc1C. The summed E-state index contributed by atoms with van der Waals surface area (Å²) in [6, 6.07) is 15.8. The van der Waals surface area contributed by atoms with Gasteiger partial charge < -0.3 is 10.1 Å². The van der Waals surface area contributed by atoms with Gasteiger partial charge in [-0.1, -0.05) is 25.1 Å². The number of hydrogen-bond acceptors (Lipinski definition) is 4. The van der Waals surface area contributed by atoms with Crippen LogP contribution in [-0.2, 0) is 4.79 Å². The summed E-state index contributed by atoms with van der Waals surface area (Å²) in [5.41, 5.74) is 3.75. The maximum atomic E-state index is 11.8. The van der Waals surface area contributed by atoms with Gasteiger partial charge in [0.1, 0.15) is 5.75 Å². The zero-order chi connectivity index (χ0) is 18.5. The van der Waals surface area contributed by atoms with Gasteiger partial charge in [-0.2, -0.15) is 5.10 Å². The minimum Gasteiger partial charge on any atom is -0.426 e. The van der Waals surface area contributed by atoms with Crippen molar-refractivity contribution < 1.29 is 9.53 Å². The van der Waals surface area contributed by atoms with Crippen LogP contribution in [0.15, 0.2) is 54.7 Å². The maximum absolute atomic E-state index is 11.8. The largest absolute Gasteiger partial charge is 0.426 e. The van der Waals surface area contributed by atoms with Crippen molar-refractivity contribution in [1.82, 2.24) is 9.78 Å². The Morgan fingerprint density at radius 1 is 1.12 bits per heavy atom. The van der Waals surface area contributed by atoms with Crippen molar-refractivity contribution in [2.75, 3.05) is 5.32 Å². The van der Waals surface area contributed by atoms with E-state index in [1.54, 1.807) is 0 Å². The fourth-order valence-corrected chi connectivity index (χ4v) is 2.82.